The highest BCUT2D eigenvalue weighted by Crippen LogP contribution is 2.31. The minimum Gasteiger partial charge on any atom is -0.338 e. The summed E-state index contributed by atoms with van der Waals surface area (Å²) in [5.41, 5.74) is 7.87. The zero-order valence-corrected chi connectivity index (χ0v) is 19.8. The van der Waals surface area contributed by atoms with E-state index in [9.17, 15) is 4.79 Å². The van der Waals surface area contributed by atoms with Crippen LogP contribution in [-0.2, 0) is 4.79 Å². The minimum atomic E-state index is -0.0328. The first-order valence-electron chi connectivity index (χ1n) is 11.7. The zero-order valence-electron chi connectivity index (χ0n) is 19.8. The van der Waals surface area contributed by atoms with Crippen LogP contribution in [0, 0.1) is 6.92 Å². The molecule has 0 bridgehead atoms. The first-order chi connectivity index (χ1) is 17.6. The number of H-pyrrole nitrogens is 2. The SMILES string of the molecule is CCCC(=O)Nc1cncc(-c2ccc3[nH]nc(-c4cc5c(-n6cnc(C)c6)ccnc5[nH]4)c3n2)c1. The highest BCUT2D eigenvalue weighted by molar-refractivity contribution is 5.96. The summed E-state index contributed by atoms with van der Waals surface area (Å²) in [6.45, 7) is 3.93. The number of nitrogens with one attached hydrogen (secondary N) is 3. The summed E-state index contributed by atoms with van der Waals surface area (Å²) < 4.78 is 1.98. The van der Waals surface area contributed by atoms with E-state index in [1.165, 1.54) is 0 Å². The van der Waals surface area contributed by atoms with Crippen LogP contribution in [0.25, 0.3) is 50.4 Å². The molecule has 0 aromatic carbocycles. The molecule has 1 amide bonds. The normalized spacial score (nSPS) is 11.4. The Morgan fingerprint density at radius 2 is 2.06 bits per heavy atom. The fraction of sp³-hybridized carbons (Fsp3) is 0.154. The predicted molar refractivity (Wildman–Crippen MR) is 138 cm³/mol. The lowest BCUT2D eigenvalue weighted by atomic mass is 10.1. The summed E-state index contributed by atoms with van der Waals surface area (Å²) in [6, 6.07) is 9.71. The second-order valence-corrected chi connectivity index (χ2v) is 8.62. The second-order valence-electron chi connectivity index (χ2n) is 8.62. The van der Waals surface area contributed by atoms with Crippen molar-refractivity contribution < 1.29 is 4.79 Å². The molecule has 6 aromatic heterocycles. The van der Waals surface area contributed by atoms with Gasteiger partial charge < -0.3 is 14.9 Å². The number of hydrogen-bond donors (Lipinski definition) is 3. The molecule has 6 aromatic rings. The van der Waals surface area contributed by atoms with Gasteiger partial charge in [0.25, 0.3) is 0 Å². The van der Waals surface area contributed by atoms with Gasteiger partial charge >= 0.3 is 0 Å². The summed E-state index contributed by atoms with van der Waals surface area (Å²) >= 11 is 0. The number of aryl methyl sites for hydroxylation is 1. The summed E-state index contributed by atoms with van der Waals surface area (Å²) in [4.78, 5) is 33.4. The summed E-state index contributed by atoms with van der Waals surface area (Å²) in [7, 11) is 0. The van der Waals surface area contributed by atoms with Crippen molar-refractivity contribution in [2.24, 2.45) is 0 Å². The predicted octanol–water partition coefficient (Wildman–Crippen LogP) is 4.80. The lowest BCUT2D eigenvalue weighted by molar-refractivity contribution is -0.116. The number of anilines is 1. The van der Waals surface area contributed by atoms with Gasteiger partial charge in [0, 0.05) is 36.0 Å². The molecule has 10 heteroatoms. The second kappa shape index (κ2) is 8.73. The monoisotopic (exact) mass is 477 g/mol. The topological polar surface area (TPSA) is 130 Å². The first kappa shape index (κ1) is 21.7. The first-order valence-corrected chi connectivity index (χ1v) is 11.7. The van der Waals surface area contributed by atoms with Gasteiger partial charge in [0.05, 0.1) is 46.5 Å². The van der Waals surface area contributed by atoms with Crippen LogP contribution in [0.15, 0.2) is 61.4 Å². The Morgan fingerprint density at radius 3 is 2.89 bits per heavy atom. The van der Waals surface area contributed by atoms with Gasteiger partial charge in [-0.1, -0.05) is 6.92 Å². The van der Waals surface area contributed by atoms with Gasteiger partial charge in [-0.3, -0.25) is 14.9 Å². The number of amides is 1. The molecule has 0 saturated heterocycles. The third kappa shape index (κ3) is 3.88. The fourth-order valence-electron chi connectivity index (χ4n) is 4.27. The smallest absolute Gasteiger partial charge is 0.224 e. The fourth-order valence-corrected chi connectivity index (χ4v) is 4.27. The molecule has 0 aliphatic carbocycles. The Hall–Kier alpha value is -4.86. The molecule has 0 radical (unpaired) electrons. The third-order valence-corrected chi connectivity index (χ3v) is 5.96. The number of fused-ring (bicyclic) bond motifs is 2. The Balaban J connectivity index is 1.40. The Bertz CT molecular complexity index is 1730. The van der Waals surface area contributed by atoms with E-state index < -0.39 is 0 Å². The van der Waals surface area contributed by atoms with Crippen molar-refractivity contribution >= 4 is 33.7 Å². The molecule has 0 unspecified atom stereocenters. The van der Waals surface area contributed by atoms with Crippen molar-refractivity contribution in [1.82, 2.24) is 39.7 Å². The van der Waals surface area contributed by atoms with E-state index in [0.29, 0.717) is 17.8 Å². The van der Waals surface area contributed by atoms with Crippen molar-refractivity contribution in [3.8, 4) is 28.3 Å². The average molecular weight is 478 g/mol. The largest absolute Gasteiger partial charge is 0.338 e. The van der Waals surface area contributed by atoms with Gasteiger partial charge in [-0.05, 0) is 43.7 Å². The standard InChI is InChI=1S/C26H23N9O/c1-3-4-23(36)30-17-9-16(11-27-12-17)19-5-6-20-24(31-19)25(34-33-20)21-10-18-22(7-8-28-26(18)32-21)35-13-15(2)29-14-35/h5-14H,3-4H2,1-2H3,(H,28,32)(H,30,36)(H,33,34). The number of imidazole rings is 1. The number of rotatable bonds is 6. The molecule has 3 N–H and O–H groups in total. The van der Waals surface area contributed by atoms with Gasteiger partial charge in [-0.25, -0.2) is 15.0 Å². The van der Waals surface area contributed by atoms with Crippen LogP contribution in [-0.4, -0.2) is 45.6 Å². The van der Waals surface area contributed by atoms with Crippen LogP contribution in [0.2, 0.25) is 0 Å². The van der Waals surface area contributed by atoms with Crippen LogP contribution in [0.5, 0.6) is 0 Å². The maximum atomic E-state index is 12.0. The minimum absolute atomic E-state index is 0.0328. The molecule has 0 atom stereocenters. The lowest BCUT2D eigenvalue weighted by Gasteiger charge is -2.06. The highest BCUT2D eigenvalue weighted by Gasteiger charge is 2.16. The molecular weight excluding hydrogens is 454 g/mol. The summed E-state index contributed by atoms with van der Waals surface area (Å²) in [6.07, 6.45) is 10.2. The Kier molecular flexibility index (Phi) is 5.25. The molecule has 6 rings (SSSR count). The number of aromatic nitrogens is 8. The lowest BCUT2D eigenvalue weighted by Crippen LogP contribution is -2.10. The zero-order chi connectivity index (χ0) is 24.6. The van der Waals surface area contributed by atoms with E-state index in [1.807, 2.05) is 54.9 Å². The van der Waals surface area contributed by atoms with Gasteiger partial charge in [0.1, 0.15) is 16.9 Å². The third-order valence-electron chi connectivity index (χ3n) is 5.96. The van der Waals surface area contributed by atoms with Gasteiger partial charge in [0.15, 0.2) is 0 Å². The number of nitrogens with zero attached hydrogens (tertiary/aromatic N) is 6. The van der Waals surface area contributed by atoms with Crippen molar-refractivity contribution in [2.45, 2.75) is 26.7 Å². The quantitative estimate of drug-likeness (QED) is 0.316. The van der Waals surface area contributed by atoms with Gasteiger partial charge in [-0.15, -0.1) is 0 Å². The molecule has 10 nitrogen and oxygen atoms in total. The molecule has 0 spiro atoms. The van der Waals surface area contributed by atoms with Crippen LogP contribution in [0.3, 0.4) is 0 Å². The Morgan fingerprint density at radius 1 is 1.14 bits per heavy atom. The molecule has 0 fully saturated rings. The van der Waals surface area contributed by atoms with E-state index in [1.54, 1.807) is 24.9 Å². The van der Waals surface area contributed by atoms with Gasteiger partial charge in [-0.2, -0.15) is 5.10 Å². The van der Waals surface area contributed by atoms with Gasteiger partial charge in [0.2, 0.25) is 5.91 Å². The summed E-state index contributed by atoms with van der Waals surface area (Å²) in [5.74, 6) is -0.0328. The molecule has 0 aliphatic heterocycles. The average Bonchev–Trinajstić information content (AvgIpc) is 3.61. The molecule has 0 saturated carbocycles. The van der Waals surface area contributed by atoms with E-state index in [2.05, 4.69) is 35.5 Å². The number of aromatic amines is 2. The van der Waals surface area contributed by atoms with Crippen LogP contribution in [0.1, 0.15) is 25.5 Å². The van der Waals surface area contributed by atoms with Crippen molar-refractivity contribution in [3.05, 3.63) is 67.1 Å². The van der Waals surface area contributed by atoms with Crippen molar-refractivity contribution in [1.29, 1.82) is 0 Å². The summed E-state index contributed by atoms with van der Waals surface area (Å²) in [5, 5.41) is 11.5. The Labute approximate surface area is 205 Å². The van der Waals surface area contributed by atoms with Crippen molar-refractivity contribution in [3.63, 3.8) is 0 Å². The molecular formula is C26H23N9O. The maximum absolute atomic E-state index is 12.0. The van der Waals surface area contributed by atoms with Crippen molar-refractivity contribution in [2.75, 3.05) is 5.32 Å². The molecule has 36 heavy (non-hydrogen) atoms. The van der Waals surface area contributed by atoms with Crippen LogP contribution < -0.4 is 5.32 Å². The number of pyridine rings is 3. The van der Waals surface area contributed by atoms with E-state index >= 15 is 0 Å². The van der Waals surface area contributed by atoms with E-state index in [4.69, 9.17) is 4.98 Å². The molecule has 0 aliphatic rings. The maximum Gasteiger partial charge on any atom is 0.224 e. The number of carbonyl (C=O) groups excluding carboxylic acids is 1. The molecule has 6 heterocycles. The van der Waals surface area contributed by atoms with Crippen LogP contribution in [0.4, 0.5) is 5.69 Å². The van der Waals surface area contributed by atoms with E-state index in [0.717, 1.165) is 56.8 Å². The van der Waals surface area contributed by atoms with E-state index in [-0.39, 0.29) is 5.91 Å². The number of carbonyl (C=O) groups is 1. The van der Waals surface area contributed by atoms with Crippen LogP contribution >= 0.6 is 0 Å². The number of hydrogen-bond acceptors (Lipinski definition) is 6. The molecule has 178 valence electrons. The highest BCUT2D eigenvalue weighted by atomic mass is 16.1.